The summed E-state index contributed by atoms with van der Waals surface area (Å²) >= 11 is 0. The van der Waals surface area contributed by atoms with Crippen LogP contribution in [0.5, 0.6) is 0 Å². The van der Waals surface area contributed by atoms with Crippen molar-refractivity contribution in [1.29, 1.82) is 0 Å². The number of nitrogens with one attached hydrogen (secondary N) is 2. The van der Waals surface area contributed by atoms with E-state index in [0.717, 1.165) is 54.0 Å². The Morgan fingerprint density at radius 1 is 0.918 bits per heavy atom. The number of fused-ring (bicyclic) bond motifs is 2. The number of methoxy groups -OCH3 is 1. The Kier molecular flexibility index (Phi) is 10.3. The number of ether oxygens (including phenoxy) is 1. The van der Waals surface area contributed by atoms with E-state index in [-0.39, 0.29) is 55.6 Å². The third-order valence-corrected chi connectivity index (χ3v) is 10.4. The van der Waals surface area contributed by atoms with Gasteiger partial charge in [0.15, 0.2) is 0 Å². The van der Waals surface area contributed by atoms with Gasteiger partial charge in [-0.15, -0.1) is 0 Å². The maximum atomic E-state index is 14.5. The van der Waals surface area contributed by atoms with Gasteiger partial charge in [0.1, 0.15) is 24.8 Å². The first kappa shape index (κ1) is 34.1. The molecule has 2 aliphatic heterocycles. The monoisotopic (exact) mass is 667 g/mol. The second kappa shape index (κ2) is 14.8. The summed E-state index contributed by atoms with van der Waals surface area (Å²) in [4.78, 5) is 72.8. The van der Waals surface area contributed by atoms with Gasteiger partial charge in [-0.25, -0.2) is 4.79 Å². The van der Waals surface area contributed by atoms with Crippen LogP contribution < -0.4 is 10.6 Å². The molecule has 3 aromatic carbocycles. The third kappa shape index (κ3) is 7.17. The molecule has 3 aliphatic rings. The summed E-state index contributed by atoms with van der Waals surface area (Å²) in [6, 6.07) is 18.8. The lowest BCUT2D eigenvalue weighted by Gasteiger charge is -2.45. The topological polar surface area (TPSA) is 128 Å². The van der Waals surface area contributed by atoms with E-state index < -0.39 is 30.3 Å². The molecule has 0 bridgehead atoms. The highest BCUT2D eigenvalue weighted by molar-refractivity contribution is 5.97. The molecule has 49 heavy (non-hydrogen) atoms. The van der Waals surface area contributed by atoms with Crippen molar-refractivity contribution < 1.29 is 28.7 Å². The summed E-state index contributed by atoms with van der Waals surface area (Å²) < 4.78 is 4.83. The van der Waals surface area contributed by atoms with Crippen LogP contribution in [0.15, 0.2) is 66.7 Å². The number of amides is 4. The minimum atomic E-state index is -0.827. The van der Waals surface area contributed by atoms with Crippen molar-refractivity contribution in [1.82, 2.24) is 25.3 Å². The molecule has 4 amide bonds. The van der Waals surface area contributed by atoms with E-state index in [1.165, 1.54) is 7.11 Å². The highest BCUT2D eigenvalue weighted by Gasteiger charge is 2.52. The van der Waals surface area contributed by atoms with Gasteiger partial charge in [0.2, 0.25) is 23.6 Å². The number of esters is 1. The number of likely N-dealkylation sites (N-methyl/N-ethyl adjacent to an activating group) is 1. The Morgan fingerprint density at radius 2 is 1.61 bits per heavy atom. The number of carbonyl (C=O) groups excluding carboxylic acids is 5. The molecule has 3 aromatic rings. The molecule has 2 saturated heterocycles. The van der Waals surface area contributed by atoms with Crippen molar-refractivity contribution in [2.75, 3.05) is 27.2 Å². The molecule has 6 rings (SSSR count). The maximum absolute atomic E-state index is 14.5. The van der Waals surface area contributed by atoms with Crippen LogP contribution in [0.3, 0.4) is 0 Å². The molecule has 11 heteroatoms. The van der Waals surface area contributed by atoms with Crippen LogP contribution in [0.25, 0.3) is 10.8 Å². The molecule has 0 spiro atoms. The van der Waals surface area contributed by atoms with E-state index in [0.29, 0.717) is 5.56 Å². The maximum Gasteiger partial charge on any atom is 0.337 e. The molecule has 11 nitrogen and oxygen atoms in total. The molecule has 1 saturated carbocycles. The number of hydrogen-bond acceptors (Lipinski definition) is 7. The van der Waals surface area contributed by atoms with Crippen molar-refractivity contribution in [3.05, 3.63) is 83.4 Å². The zero-order valence-corrected chi connectivity index (χ0v) is 28.4. The number of rotatable bonds is 10. The first-order valence-electron chi connectivity index (χ1n) is 17.2. The quantitative estimate of drug-likeness (QED) is 0.318. The van der Waals surface area contributed by atoms with Crippen molar-refractivity contribution in [2.45, 2.75) is 76.3 Å². The molecule has 4 atom stereocenters. The van der Waals surface area contributed by atoms with Crippen molar-refractivity contribution >= 4 is 40.4 Å². The van der Waals surface area contributed by atoms with Crippen LogP contribution in [-0.4, -0.2) is 95.8 Å². The van der Waals surface area contributed by atoms with Gasteiger partial charge in [-0.3, -0.25) is 19.2 Å². The lowest BCUT2D eigenvalue weighted by atomic mass is 9.83. The largest absolute Gasteiger partial charge is 0.465 e. The van der Waals surface area contributed by atoms with Crippen LogP contribution in [0.1, 0.15) is 60.5 Å². The molecular weight excluding hydrogens is 622 g/mol. The Labute approximate surface area is 286 Å². The van der Waals surface area contributed by atoms with Gasteiger partial charge in [0.05, 0.1) is 25.3 Å². The van der Waals surface area contributed by atoms with Gasteiger partial charge in [-0.2, -0.15) is 0 Å². The molecule has 2 N–H and O–H groups in total. The van der Waals surface area contributed by atoms with E-state index in [1.807, 2.05) is 42.5 Å². The average Bonchev–Trinajstić information content (AvgIpc) is 3.46. The lowest BCUT2D eigenvalue weighted by molar-refractivity contribution is -0.157. The van der Waals surface area contributed by atoms with Gasteiger partial charge in [-0.1, -0.05) is 73.9 Å². The van der Waals surface area contributed by atoms with Gasteiger partial charge in [-0.05, 0) is 66.8 Å². The van der Waals surface area contributed by atoms with Gasteiger partial charge in [0, 0.05) is 13.0 Å². The smallest absolute Gasteiger partial charge is 0.337 e. The number of nitrogens with zero attached hydrogens (tertiary/aromatic N) is 3. The lowest BCUT2D eigenvalue weighted by Crippen LogP contribution is -2.65. The summed E-state index contributed by atoms with van der Waals surface area (Å²) in [5.41, 5.74) is 2.11. The summed E-state index contributed by atoms with van der Waals surface area (Å²) in [7, 11) is 3.02. The standard InChI is InChI=1S/C38H45N5O6/c1-24(39-2)35(45)40-34(28-10-5-4-6-11-28)37(47)42-23-33(44)43-31(20-26-15-16-27-9-7-8-12-30(27)19-26)36(46)41(22-32(42)43)21-25-13-17-29(18-14-25)38(48)49-3/h7-9,12-19,24,28,31-32,34,39H,4-6,10-11,20-23H2,1-3H3,(H,40,45)/t24-,31-,32+,34-/m0/s1. The Balaban J connectivity index is 1.32. The Bertz CT molecular complexity index is 1720. The molecule has 258 valence electrons. The minimum absolute atomic E-state index is 0.0403. The molecule has 0 unspecified atom stereocenters. The van der Waals surface area contributed by atoms with Gasteiger partial charge in [0.25, 0.3) is 0 Å². The molecule has 3 fully saturated rings. The normalized spacial score (nSPS) is 21.0. The molecule has 1 aliphatic carbocycles. The van der Waals surface area contributed by atoms with E-state index in [1.54, 1.807) is 52.9 Å². The fraction of sp³-hybridized carbons (Fsp3) is 0.447. The highest BCUT2D eigenvalue weighted by Crippen LogP contribution is 2.33. The average molecular weight is 668 g/mol. The second-order valence-electron chi connectivity index (χ2n) is 13.5. The minimum Gasteiger partial charge on any atom is -0.465 e. The first-order valence-corrected chi connectivity index (χ1v) is 17.2. The SMILES string of the molecule is CN[C@@H](C)C(=O)N[C@H](C(=O)N1CC(=O)N2[C@@H]1CN(Cc1ccc(C(=O)OC)cc1)C(=O)[C@@H]2Cc1ccc2ccccc2c1)C1CCCCC1. The van der Waals surface area contributed by atoms with Crippen LogP contribution in [0.2, 0.25) is 0 Å². The number of benzene rings is 3. The van der Waals surface area contributed by atoms with Crippen LogP contribution in [0.4, 0.5) is 0 Å². The van der Waals surface area contributed by atoms with E-state index in [9.17, 15) is 24.0 Å². The fourth-order valence-corrected chi connectivity index (χ4v) is 7.50. The predicted molar refractivity (Wildman–Crippen MR) is 184 cm³/mol. The zero-order valence-electron chi connectivity index (χ0n) is 28.4. The van der Waals surface area contributed by atoms with Crippen molar-refractivity contribution in [3.63, 3.8) is 0 Å². The molecular formula is C38H45N5O6. The highest BCUT2D eigenvalue weighted by atomic mass is 16.5. The van der Waals surface area contributed by atoms with Gasteiger partial charge < -0.3 is 30.1 Å². The van der Waals surface area contributed by atoms with E-state index in [4.69, 9.17) is 4.74 Å². The third-order valence-electron chi connectivity index (χ3n) is 10.4. The van der Waals surface area contributed by atoms with Crippen molar-refractivity contribution in [3.8, 4) is 0 Å². The van der Waals surface area contributed by atoms with Crippen molar-refractivity contribution in [2.24, 2.45) is 5.92 Å². The first-order chi connectivity index (χ1) is 23.7. The summed E-state index contributed by atoms with van der Waals surface area (Å²) in [5.74, 6) is -1.53. The number of carbonyl (C=O) groups is 5. The molecule has 0 radical (unpaired) electrons. The van der Waals surface area contributed by atoms with Crippen LogP contribution in [0, 0.1) is 5.92 Å². The predicted octanol–water partition coefficient (Wildman–Crippen LogP) is 3.25. The molecule has 2 heterocycles. The zero-order chi connectivity index (χ0) is 34.7. The summed E-state index contributed by atoms with van der Waals surface area (Å²) in [5, 5.41) is 8.10. The van der Waals surface area contributed by atoms with Gasteiger partial charge >= 0.3 is 5.97 Å². The Morgan fingerprint density at radius 3 is 2.31 bits per heavy atom. The summed E-state index contributed by atoms with van der Waals surface area (Å²) in [6.07, 6.45) is 4.27. The second-order valence-corrected chi connectivity index (χ2v) is 13.5. The van der Waals surface area contributed by atoms with Crippen LogP contribution >= 0.6 is 0 Å². The van der Waals surface area contributed by atoms with E-state index >= 15 is 0 Å². The summed E-state index contributed by atoms with van der Waals surface area (Å²) in [6.45, 7) is 1.95. The van der Waals surface area contributed by atoms with Crippen LogP contribution in [-0.2, 0) is 36.9 Å². The fourth-order valence-electron chi connectivity index (χ4n) is 7.50. The molecule has 0 aromatic heterocycles. The number of piperazine rings is 1. The van der Waals surface area contributed by atoms with E-state index in [2.05, 4.69) is 10.6 Å². The number of hydrogen-bond donors (Lipinski definition) is 2. The Hall–Kier alpha value is -4.77.